The Kier molecular flexibility index (Phi) is 4.47. The third-order valence-corrected chi connectivity index (χ3v) is 4.65. The van der Waals surface area contributed by atoms with Gasteiger partial charge in [0, 0.05) is 23.3 Å². The van der Waals surface area contributed by atoms with Gasteiger partial charge in [-0.25, -0.2) is 4.98 Å². The third-order valence-electron chi connectivity index (χ3n) is 4.65. The van der Waals surface area contributed by atoms with E-state index in [9.17, 15) is 4.79 Å². The predicted octanol–water partition coefficient (Wildman–Crippen LogP) is 4.79. The Morgan fingerprint density at radius 2 is 1.67 bits per heavy atom. The highest BCUT2D eigenvalue weighted by Crippen LogP contribution is 2.18. The molecule has 4 heteroatoms. The van der Waals surface area contributed by atoms with Crippen LogP contribution in [0.5, 0.6) is 0 Å². The lowest BCUT2D eigenvalue weighted by Crippen LogP contribution is -2.12. The summed E-state index contributed by atoms with van der Waals surface area (Å²) < 4.78 is 1.94. The van der Waals surface area contributed by atoms with Gasteiger partial charge in [0.05, 0.1) is 5.56 Å². The average Bonchev–Trinajstić information content (AvgIpc) is 3.08. The molecule has 0 bridgehead atoms. The number of benzene rings is 2. The first kappa shape index (κ1) is 17.0. The average molecular weight is 355 g/mol. The molecule has 0 radical (unpaired) electrons. The molecule has 0 unspecified atom stereocenters. The topological polar surface area (TPSA) is 46.4 Å². The summed E-state index contributed by atoms with van der Waals surface area (Å²) in [7, 11) is 0. The summed E-state index contributed by atoms with van der Waals surface area (Å²) in [5.41, 5.74) is 6.48. The zero-order chi connectivity index (χ0) is 18.8. The normalized spacial score (nSPS) is 10.9. The molecule has 2 heterocycles. The molecule has 4 aromatic rings. The number of aryl methyl sites for hydroxylation is 2. The molecule has 1 N–H and O–H groups in total. The van der Waals surface area contributed by atoms with E-state index < -0.39 is 0 Å². The van der Waals surface area contributed by atoms with Crippen molar-refractivity contribution in [3.63, 3.8) is 0 Å². The molecule has 0 aliphatic rings. The molecule has 27 heavy (non-hydrogen) atoms. The van der Waals surface area contributed by atoms with Gasteiger partial charge in [0.2, 0.25) is 0 Å². The van der Waals surface area contributed by atoms with Crippen molar-refractivity contribution in [2.24, 2.45) is 0 Å². The Bertz CT molecular complexity index is 1100. The molecule has 0 atom stereocenters. The molecule has 2 aromatic carbocycles. The van der Waals surface area contributed by atoms with Crippen molar-refractivity contribution in [3.8, 4) is 0 Å². The minimum Gasteiger partial charge on any atom is -0.322 e. The summed E-state index contributed by atoms with van der Waals surface area (Å²) in [4.78, 5) is 17.2. The van der Waals surface area contributed by atoms with Crippen LogP contribution in [-0.4, -0.2) is 15.3 Å². The molecule has 4 nitrogen and oxygen atoms in total. The second-order valence-corrected chi connectivity index (χ2v) is 6.78. The van der Waals surface area contributed by atoms with E-state index in [2.05, 4.69) is 22.4 Å². The van der Waals surface area contributed by atoms with E-state index in [0.29, 0.717) is 11.2 Å². The fourth-order valence-corrected chi connectivity index (χ4v) is 3.31. The first-order chi connectivity index (χ1) is 13.1. The molecule has 0 saturated carbocycles. The van der Waals surface area contributed by atoms with Crippen LogP contribution in [0.15, 0.2) is 72.9 Å². The number of fused-ring (bicyclic) bond motifs is 1. The van der Waals surface area contributed by atoms with Crippen LogP contribution < -0.4 is 5.32 Å². The second-order valence-electron chi connectivity index (χ2n) is 6.78. The van der Waals surface area contributed by atoms with Gasteiger partial charge in [-0.3, -0.25) is 4.79 Å². The molecular weight excluding hydrogens is 334 g/mol. The Morgan fingerprint density at radius 3 is 2.41 bits per heavy atom. The predicted molar refractivity (Wildman–Crippen MR) is 108 cm³/mol. The van der Waals surface area contributed by atoms with Gasteiger partial charge in [-0.1, -0.05) is 42.5 Å². The fraction of sp³-hybridized carbons (Fsp3) is 0.130. The summed E-state index contributed by atoms with van der Waals surface area (Å²) in [5.74, 6) is -0.147. The summed E-state index contributed by atoms with van der Waals surface area (Å²) in [6.45, 7) is 3.95. The van der Waals surface area contributed by atoms with Crippen LogP contribution in [0, 0.1) is 13.8 Å². The van der Waals surface area contributed by atoms with E-state index in [4.69, 9.17) is 0 Å². The highest BCUT2D eigenvalue weighted by Gasteiger charge is 2.14. The Balaban J connectivity index is 1.52. The van der Waals surface area contributed by atoms with E-state index >= 15 is 0 Å². The number of rotatable bonds is 4. The molecule has 134 valence electrons. The molecule has 2 aromatic heterocycles. The van der Waals surface area contributed by atoms with Gasteiger partial charge in [-0.2, -0.15) is 0 Å². The minimum atomic E-state index is -0.147. The maximum atomic E-state index is 12.7. The van der Waals surface area contributed by atoms with Gasteiger partial charge < -0.3 is 9.72 Å². The smallest absolute Gasteiger partial charge is 0.259 e. The standard InChI is InChI=1S/C23H21N3O/c1-16-14-17(2)26-13-12-21(22(26)24-16)23(27)25-20-10-8-19(9-11-20)15-18-6-4-3-5-7-18/h3-14H,15H2,1-2H3,(H,25,27). The van der Waals surface area contributed by atoms with Crippen LogP contribution >= 0.6 is 0 Å². The number of aromatic nitrogens is 2. The Hall–Kier alpha value is -3.40. The highest BCUT2D eigenvalue weighted by atomic mass is 16.1. The number of hydrogen-bond donors (Lipinski definition) is 1. The van der Waals surface area contributed by atoms with Crippen molar-refractivity contribution in [3.05, 3.63) is 101 Å². The van der Waals surface area contributed by atoms with E-state index in [1.54, 1.807) is 0 Å². The van der Waals surface area contributed by atoms with Crippen LogP contribution in [0.4, 0.5) is 5.69 Å². The highest BCUT2D eigenvalue weighted by molar-refractivity contribution is 6.08. The van der Waals surface area contributed by atoms with Gasteiger partial charge >= 0.3 is 0 Å². The summed E-state index contributed by atoms with van der Waals surface area (Å²) in [6.07, 6.45) is 2.76. The molecule has 0 fully saturated rings. The number of hydrogen-bond acceptors (Lipinski definition) is 2. The van der Waals surface area contributed by atoms with Gasteiger partial charge in [0.15, 0.2) is 0 Å². The van der Waals surface area contributed by atoms with E-state index in [-0.39, 0.29) is 5.91 Å². The van der Waals surface area contributed by atoms with Gasteiger partial charge in [-0.05, 0) is 55.7 Å². The number of nitrogens with one attached hydrogen (secondary N) is 1. The monoisotopic (exact) mass is 355 g/mol. The van der Waals surface area contributed by atoms with Gasteiger partial charge in [-0.15, -0.1) is 0 Å². The molecule has 1 amide bonds. The van der Waals surface area contributed by atoms with E-state index in [0.717, 1.165) is 23.5 Å². The summed E-state index contributed by atoms with van der Waals surface area (Å²) in [6, 6.07) is 22.1. The Labute approximate surface area is 158 Å². The summed E-state index contributed by atoms with van der Waals surface area (Å²) in [5, 5.41) is 2.97. The molecule has 0 aliphatic heterocycles. The van der Waals surface area contributed by atoms with Gasteiger partial charge in [0.1, 0.15) is 5.65 Å². The number of anilines is 1. The lowest BCUT2D eigenvalue weighted by molar-refractivity contribution is 0.102. The van der Waals surface area contributed by atoms with Crippen molar-refractivity contribution in [1.29, 1.82) is 0 Å². The summed E-state index contributed by atoms with van der Waals surface area (Å²) >= 11 is 0. The lowest BCUT2D eigenvalue weighted by Gasteiger charge is -2.07. The van der Waals surface area contributed by atoms with Crippen molar-refractivity contribution < 1.29 is 4.79 Å². The molecule has 0 aliphatic carbocycles. The second kappa shape index (κ2) is 7.08. The lowest BCUT2D eigenvalue weighted by atomic mass is 10.0. The number of amides is 1. The molecular formula is C23H21N3O. The number of nitrogens with zero attached hydrogens (tertiary/aromatic N) is 2. The first-order valence-electron chi connectivity index (χ1n) is 9.00. The number of carbonyl (C=O) groups excluding carboxylic acids is 1. The van der Waals surface area contributed by atoms with E-state index in [1.807, 2.05) is 79.0 Å². The molecule has 0 spiro atoms. The quantitative estimate of drug-likeness (QED) is 0.572. The number of carbonyl (C=O) groups is 1. The minimum absolute atomic E-state index is 0.147. The van der Waals surface area contributed by atoms with Gasteiger partial charge in [0.25, 0.3) is 5.91 Å². The maximum absolute atomic E-state index is 12.7. The Morgan fingerprint density at radius 1 is 0.963 bits per heavy atom. The van der Waals surface area contributed by atoms with Crippen LogP contribution in [0.25, 0.3) is 5.65 Å². The van der Waals surface area contributed by atoms with E-state index in [1.165, 1.54) is 11.1 Å². The largest absolute Gasteiger partial charge is 0.322 e. The van der Waals surface area contributed by atoms with Crippen LogP contribution in [0.2, 0.25) is 0 Å². The zero-order valence-electron chi connectivity index (χ0n) is 15.4. The fourth-order valence-electron chi connectivity index (χ4n) is 3.31. The van der Waals surface area contributed by atoms with Crippen molar-refractivity contribution in [2.45, 2.75) is 20.3 Å². The van der Waals surface area contributed by atoms with Crippen molar-refractivity contribution >= 4 is 17.2 Å². The first-order valence-corrected chi connectivity index (χ1v) is 9.00. The SMILES string of the molecule is Cc1cc(C)n2ccc(C(=O)Nc3ccc(Cc4ccccc4)cc3)c2n1. The zero-order valence-corrected chi connectivity index (χ0v) is 15.4. The maximum Gasteiger partial charge on any atom is 0.259 e. The molecule has 4 rings (SSSR count). The van der Waals surface area contributed by atoms with Crippen LogP contribution in [0.3, 0.4) is 0 Å². The van der Waals surface area contributed by atoms with Crippen molar-refractivity contribution in [2.75, 3.05) is 5.32 Å². The van der Waals surface area contributed by atoms with Crippen LogP contribution in [0.1, 0.15) is 32.9 Å². The van der Waals surface area contributed by atoms with Crippen LogP contribution in [-0.2, 0) is 6.42 Å². The molecule has 0 saturated heterocycles. The van der Waals surface area contributed by atoms with Crippen molar-refractivity contribution in [1.82, 2.24) is 9.38 Å². The third kappa shape index (κ3) is 3.60.